The standard InChI is InChI=1S/C12H20N6O/c1-12(2,4-3-5-19)6-14-9-8-10(16-7-15-8)18-11(13)17-9/h7,19H,3-6H2,1-2H3,(H4,13,14,15,16,17,18). The Kier molecular flexibility index (Phi) is 3.84. The average molecular weight is 264 g/mol. The Bertz CT molecular complexity index is 550. The molecule has 0 amide bonds. The molecule has 7 nitrogen and oxygen atoms in total. The number of hydrogen-bond donors (Lipinski definition) is 4. The Hall–Kier alpha value is -1.89. The van der Waals surface area contributed by atoms with E-state index < -0.39 is 0 Å². The van der Waals surface area contributed by atoms with Crippen LogP contribution in [0.1, 0.15) is 26.7 Å². The minimum atomic E-state index is 0.0643. The number of hydrogen-bond acceptors (Lipinski definition) is 6. The van der Waals surface area contributed by atoms with Crippen LogP contribution < -0.4 is 11.1 Å². The molecule has 0 aliphatic rings. The predicted octanol–water partition coefficient (Wildman–Crippen LogP) is 1.15. The Morgan fingerprint density at radius 1 is 1.42 bits per heavy atom. The number of aliphatic hydroxyl groups is 1. The minimum Gasteiger partial charge on any atom is -0.396 e. The lowest BCUT2D eigenvalue weighted by molar-refractivity contribution is 0.248. The molecule has 0 aliphatic carbocycles. The zero-order valence-corrected chi connectivity index (χ0v) is 11.3. The number of aliphatic hydroxyl groups excluding tert-OH is 1. The van der Waals surface area contributed by atoms with Gasteiger partial charge < -0.3 is 21.1 Å². The van der Waals surface area contributed by atoms with Crippen molar-refractivity contribution in [2.24, 2.45) is 5.41 Å². The number of nitrogens with zero attached hydrogens (tertiary/aromatic N) is 3. The second kappa shape index (κ2) is 5.40. The van der Waals surface area contributed by atoms with Crippen molar-refractivity contribution < 1.29 is 5.11 Å². The number of H-pyrrole nitrogens is 1. The third kappa shape index (κ3) is 3.31. The van der Waals surface area contributed by atoms with Crippen molar-refractivity contribution in [2.75, 3.05) is 24.2 Å². The molecule has 0 aliphatic heterocycles. The highest BCUT2D eigenvalue weighted by Crippen LogP contribution is 2.24. The SMILES string of the molecule is CC(C)(CCCO)CNc1nc(N)nc2nc[nH]c12. The number of fused-ring (bicyclic) bond motifs is 1. The van der Waals surface area contributed by atoms with Gasteiger partial charge in [0.05, 0.1) is 6.33 Å². The lowest BCUT2D eigenvalue weighted by Gasteiger charge is -2.25. The molecule has 2 heterocycles. The predicted molar refractivity (Wildman–Crippen MR) is 74.7 cm³/mol. The molecule has 0 saturated heterocycles. The van der Waals surface area contributed by atoms with Gasteiger partial charge in [-0.3, -0.25) is 0 Å². The zero-order chi connectivity index (χ0) is 13.9. The molecule has 0 spiro atoms. The fourth-order valence-electron chi connectivity index (χ4n) is 1.95. The summed E-state index contributed by atoms with van der Waals surface area (Å²) in [4.78, 5) is 15.3. The highest BCUT2D eigenvalue weighted by molar-refractivity contribution is 5.83. The molecule has 0 aromatic carbocycles. The number of nitrogens with two attached hydrogens (primary N) is 1. The van der Waals surface area contributed by atoms with Gasteiger partial charge in [-0.1, -0.05) is 13.8 Å². The van der Waals surface area contributed by atoms with Crippen molar-refractivity contribution in [2.45, 2.75) is 26.7 Å². The van der Waals surface area contributed by atoms with Crippen molar-refractivity contribution in [3.8, 4) is 0 Å². The van der Waals surface area contributed by atoms with Gasteiger partial charge in [-0.05, 0) is 18.3 Å². The maximum absolute atomic E-state index is 8.89. The number of aromatic nitrogens is 4. The van der Waals surface area contributed by atoms with Crippen LogP contribution in [0.3, 0.4) is 0 Å². The Balaban J connectivity index is 2.11. The summed E-state index contributed by atoms with van der Waals surface area (Å²) in [6, 6.07) is 0. The number of nitrogen functional groups attached to an aromatic ring is 1. The van der Waals surface area contributed by atoms with Crippen LogP contribution in [0.4, 0.5) is 11.8 Å². The van der Waals surface area contributed by atoms with Crippen molar-refractivity contribution in [1.82, 2.24) is 19.9 Å². The van der Waals surface area contributed by atoms with Crippen LogP contribution in [0.2, 0.25) is 0 Å². The first-order valence-corrected chi connectivity index (χ1v) is 6.33. The van der Waals surface area contributed by atoms with Crippen molar-refractivity contribution in [1.29, 1.82) is 0 Å². The van der Waals surface area contributed by atoms with Gasteiger partial charge >= 0.3 is 0 Å². The van der Waals surface area contributed by atoms with Crippen LogP contribution in [0.15, 0.2) is 6.33 Å². The fourth-order valence-corrected chi connectivity index (χ4v) is 1.95. The average Bonchev–Trinajstić information content (AvgIpc) is 2.81. The molecule has 7 heteroatoms. The number of imidazole rings is 1. The van der Waals surface area contributed by atoms with E-state index in [1.807, 2.05) is 0 Å². The first-order valence-electron chi connectivity index (χ1n) is 6.33. The van der Waals surface area contributed by atoms with Gasteiger partial charge in [0.25, 0.3) is 0 Å². The summed E-state index contributed by atoms with van der Waals surface area (Å²) in [5, 5.41) is 12.2. The molecule has 5 N–H and O–H groups in total. The summed E-state index contributed by atoms with van der Waals surface area (Å²) in [6.07, 6.45) is 3.30. The second-order valence-corrected chi connectivity index (χ2v) is 5.38. The molecule has 19 heavy (non-hydrogen) atoms. The van der Waals surface area contributed by atoms with Gasteiger partial charge in [0.2, 0.25) is 5.95 Å². The highest BCUT2D eigenvalue weighted by Gasteiger charge is 2.18. The second-order valence-electron chi connectivity index (χ2n) is 5.38. The van der Waals surface area contributed by atoms with E-state index in [1.54, 1.807) is 6.33 Å². The zero-order valence-electron chi connectivity index (χ0n) is 11.3. The molecule has 2 rings (SSSR count). The van der Waals surface area contributed by atoms with Gasteiger partial charge in [-0.25, -0.2) is 4.98 Å². The monoisotopic (exact) mass is 264 g/mol. The molecule has 2 aromatic rings. The first-order chi connectivity index (χ1) is 9.02. The molecule has 104 valence electrons. The van der Waals surface area contributed by atoms with Crippen LogP contribution in [-0.4, -0.2) is 38.2 Å². The maximum Gasteiger partial charge on any atom is 0.224 e. The van der Waals surface area contributed by atoms with E-state index in [9.17, 15) is 0 Å². The molecule has 0 fully saturated rings. The normalized spacial score (nSPS) is 11.9. The largest absolute Gasteiger partial charge is 0.396 e. The summed E-state index contributed by atoms with van der Waals surface area (Å²) in [7, 11) is 0. The van der Waals surface area contributed by atoms with E-state index in [-0.39, 0.29) is 18.0 Å². The van der Waals surface area contributed by atoms with Gasteiger partial charge in [0.1, 0.15) is 5.52 Å². The highest BCUT2D eigenvalue weighted by atomic mass is 16.2. The van der Waals surface area contributed by atoms with Crippen molar-refractivity contribution in [3.63, 3.8) is 0 Å². The van der Waals surface area contributed by atoms with E-state index >= 15 is 0 Å². The van der Waals surface area contributed by atoms with Crippen LogP contribution in [0, 0.1) is 5.41 Å². The lowest BCUT2D eigenvalue weighted by Crippen LogP contribution is -2.24. The topological polar surface area (TPSA) is 113 Å². The van der Waals surface area contributed by atoms with Gasteiger partial charge in [0, 0.05) is 13.2 Å². The van der Waals surface area contributed by atoms with E-state index in [0.29, 0.717) is 11.5 Å². The quantitative estimate of drug-likeness (QED) is 0.622. The third-order valence-electron chi connectivity index (χ3n) is 3.05. The molecule has 2 aromatic heterocycles. The van der Waals surface area contributed by atoms with Crippen LogP contribution in [0.25, 0.3) is 11.2 Å². The number of nitrogens with one attached hydrogen (secondary N) is 2. The first kappa shape index (κ1) is 13.5. The Morgan fingerprint density at radius 2 is 2.21 bits per heavy atom. The summed E-state index contributed by atoms with van der Waals surface area (Å²) in [5.41, 5.74) is 7.03. The van der Waals surface area contributed by atoms with Crippen LogP contribution in [-0.2, 0) is 0 Å². The molecule has 0 atom stereocenters. The molecular weight excluding hydrogens is 244 g/mol. The smallest absolute Gasteiger partial charge is 0.224 e. The Labute approximate surface area is 111 Å². The summed E-state index contributed by atoms with van der Waals surface area (Å²) in [5.74, 6) is 0.868. The molecular formula is C12H20N6O. The summed E-state index contributed by atoms with van der Waals surface area (Å²) < 4.78 is 0. The maximum atomic E-state index is 8.89. The molecule has 0 unspecified atom stereocenters. The van der Waals surface area contributed by atoms with Crippen molar-refractivity contribution in [3.05, 3.63) is 6.33 Å². The number of aromatic amines is 1. The van der Waals surface area contributed by atoms with E-state index in [4.69, 9.17) is 10.8 Å². The van der Waals surface area contributed by atoms with E-state index in [1.165, 1.54) is 0 Å². The molecule has 0 saturated carbocycles. The summed E-state index contributed by atoms with van der Waals surface area (Å²) >= 11 is 0. The number of rotatable bonds is 6. The van der Waals surface area contributed by atoms with Crippen LogP contribution >= 0.6 is 0 Å². The minimum absolute atomic E-state index is 0.0643. The molecule has 0 radical (unpaired) electrons. The molecule has 0 bridgehead atoms. The fraction of sp³-hybridized carbons (Fsp3) is 0.583. The van der Waals surface area contributed by atoms with Gasteiger partial charge in [0.15, 0.2) is 11.5 Å². The van der Waals surface area contributed by atoms with Crippen LogP contribution in [0.5, 0.6) is 0 Å². The number of anilines is 2. The van der Waals surface area contributed by atoms with Crippen molar-refractivity contribution >= 4 is 22.9 Å². The van der Waals surface area contributed by atoms with Gasteiger partial charge in [-0.15, -0.1) is 0 Å². The lowest BCUT2D eigenvalue weighted by atomic mass is 9.88. The Morgan fingerprint density at radius 3 is 2.95 bits per heavy atom. The van der Waals surface area contributed by atoms with E-state index in [0.717, 1.165) is 24.9 Å². The third-order valence-corrected chi connectivity index (χ3v) is 3.05. The van der Waals surface area contributed by atoms with E-state index in [2.05, 4.69) is 39.1 Å². The van der Waals surface area contributed by atoms with Gasteiger partial charge in [-0.2, -0.15) is 9.97 Å². The summed E-state index contributed by atoms with van der Waals surface area (Å²) in [6.45, 7) is 5.24.